The van der Waals surface area contributed by atoms with Crippen LogP contribution in [-0.2, 0) is 4.79 Å². The summed E-state index contributed by atoms with van der Waals surface area (Å²) in [5.74, 6) is 4.96. The smallest absolute Gasteiger partial charge is 0.336 e. The monoisotopic (exact) mass is 248 g/mol. The first-order valence-electron chi connectivity index (χ1n) is 4.97. The van der Waals surface area contributed by atoms with Crippen molar-refractivity contribution < 1.29 is 14.7 Å². The quantitative estimate of drug-likeness (QED) is 0.816. The summed E-state index contributed by atoms with van der Waals surface area (Å²) in [5, 5.41) is 8.98. The molecule has 0 saturated heterocycles. The first-order chi connectivity index (χ1) is 8.00. The van der Waals surface area contributed by atoms with Gasteiger partial charge in [0.05, 0.1) is 11.3 Å². The average molecular weight is 248 g/mol. The number of carboxylic acids is 1. The number of carbonyl (C=O) groups excluding carboxylic acids is 1. The molecule has 1 rings (SSSR count). The summed E-state index contributed by atoms with van der Waals surface area (Å²) >= 11 is 1.11. The Labute approximate surface area is 104 Å². The molecule has 0 bridgehead atoms. The van der Waals surface area contributed by atoms with Crippen molar-refractivity contribution in [2.45, 2.75) is 13.8 Å². The zero-order valence-electron chi connectivity index (χ0n) is 9.61. The van der Waals surface area contributed by atoms with Gasteiger partial charge in [-0.25, -0.2) is 4.79 Å². The minimum atomic E-state index is -0.992. The highest BCUT2D eigenvalue weighted by Gasteiger charge is 2.07. The predicted octanol–water partition coefficient (Wildman–Crippen LogP) is 2.32. The van der Waals surface area contributed by atoms with Crippen LogP contribution in [0.2, 0.25) is 0 Å². The van der Waals surface area contributed by atoms with Crippen molar-refractivity contribution in [1.29, 1.82) is 0 Å². The zero-order chi connectivity index (χ0) is 12.8. The lowest BCUT2D eigenvalue weighted by atomic mass is 10.1. The normalized spacial score (nSPS) is 9.29. The van der Waals surface area contributed by atoms with Gasteiger partial charge >= 0.3 is 5.97 Å². The highest BCUT2D eigenvalue weighted by molar-refractivity contribution is 8.13. The van der Waals surface area contributed by atoms with Gasteiger partial charge in [-0.15, -0.1) is 0 Å². The lowest BCUT2D eigenvalue weighted by Crippen LogP contribution is -2.00. The average Bonchev–Trinajstić information content (AvgIpc) is 2.23. The Bertz CT molecular complexity index is 509. The summed E-state index contributed by atoms with van der Waals surface area (Å²) in [7, 11) is 0. The second-order valence-corrected chi connectivity index (χ2v) is 4.59. The van der Waals surface area contributed by atoms with Gasteiger partial charge in [0.25, 0.3) is 0 Å². The molecule has 0 aliphatic carbocycles. The van der Waals surface area contributed by atoms with Crippen LogP contribution in [0.5, 0.6) is 0 Å². The molecule has 1 aromatic carbocycles. The molecule has 0 aromatic heterocycles. The Morgan fingerprint density at radius 2 is 2.12 bits per heavy atom. The summed E-state index contributed by atoms with van der Waals surface area (Å²) in [6.45, 7) is 3.35. The van der Waals surface area contributed by atoms with Crippen LogP contribution in [0.4, 0.5) is 0 Å². The van der Waals surface area contributed by atoms with Crippen LogP contribution in [0.25, 0.3) is 0 Å². The number of carboxylic acid groups (broad SMARTS) is 1. The third kappa shape index (κ3) is 4.33. The van der Waals surface area contributed by atoms with Gasteiger partial charge in [0.15, 0.2) is 5.12 Å². The molecular weight excluding hydrogens is 236 g/mol. The molecule has 0 radical (unpaired) electrons. The van der Waals surface area contributed by atoms with Crippen LogP contribution in [0, 0.1) is 18.8 Å². The van der Waals surface area contributed by atoms with Gasteiger partial charge in [-0.1, -0.05) is 29.7 Å². The highest BCUT2D eigenvalue weighted by Crippen LogP contribution is 2.11. The van der Waals surface area contributed by atoms with E-state index in [-0.39, 0.29) is 10.7 Å². The van der Waals surface area contributed by atoms with E-state index < -0.39 is 5.97 Å². The molecule has 0 unspecified atom stereocenters. The highest BCUT2D eigenvalue weighted by atomic mass is 32.2. The maximum atomic E-state index is 10.9. The molecule has 88 valence electrons. The molecule has 1 N–H and O–H groups in total. The van der Waals surface area contributed by atoms with E-state index in [1.165, 1.54) is 6.92 Å². The second-order valence-electron chi connectivity index (χ2n) is 3.44. The largest absolute Gasteiger partial charge is 0.478 e. The number of rotatable bonds is 2. The Morgan fingerprint density at radius 3 is 2.71 bits per heavy atom. The van der Waals surface area contributed by atoms with E-state index in [0.717, 1.165) is 17.3 Å². The lowest BCUT2D eigenvalue weighted by Gasteiger charge is -2.00. The zero-order valence-corrected chi connectivity index (χ0v) is 10.4. The van der Waals surface area contributed by atoms with E-state index in [9.17, 15) is 9.59 Å². The van der Waals surface area contributed by atoms with E-state index in [1.54, 1.807) is 18.2 Å². The molecule has 0 saturated carbocycles. The summed E-state index contributed by atoms with van der Waals surface area (Å²) in [6.07, 6.45) is 0. The van der Waals surface area contributed by atoms with E-state index in [0.29, 0.717) is 11.3 Å². The second kappa shape index (κ2) is 6.12. The Morgan fingerprint density at radius 1 is 1.41 bits per heavy atom. The summed E-state index contributed by atoms with van der Waals surface area (Å²) < 4.78 is 0. The van der Waals surface area contributed by atoms with Crippen LogP contribution >= 0.6 is 11.8 Å². The minimum Gasteiger partial charge on any atom is -0.478 e. The van der Waals surface area contributed by atoms with Crippen molar-refractivity contribution in [2.24, 2.45) is 0 Å². The van der Waals surface area contributed by atoms with Crippen LogP contribution in [0.1, 0.15) is 28.4 Å². The van der Waals surface area contributed by atoms with Gasteiger partial charge in [-0.05, 0) is 24.6 Å². The molecule has 0 atom stereocenters. The van der Waals surface area contributed by atoms with Gasteiger partial charge in [0, 0.05) is 12.5 Å². The number of carbonyl (C=O) groups is 2. The fraction of sp³-hybridized carbons (Fsp3) is 0.231. The Hall–Kier alpha value is -1.73. The van der Waals surface area contributed by atoms with Crippen molar-refractivity contribution in [2.75, 3.05) is 5.75 Å². The van der Waals surface area contributed by atoms with Gasteiger partial charge in [0.1, 0.15) is 0 Å². The molecule has 1 aromatic rings. The van der Waals surface area contributed by atoms with Crippen molar-refractivity contribution >= 4 is 22.8 Å². The minimum absolute atomic E-state index is 0.00185. The molecule has 0 aliphatic heterocycles. The van der Waals surface area contributed by atoms with E-state index >= 15 is 0 Å². The van der Waals surface area contributed by atoms with Crippen LogP contribution in [-0.4, -0.2) is 21.9 Å². The molecule has 17 heavy (non-hydrogen) atoms. The molecule has 0 fully saturated rings. The third-order valence-corrected chi connectivity index (χ3v) is 2.67. The number of aryl methyl sites for hydroxylation is 1. The van der Waals surface area contributed by atoms with Crippen LogP contribution in [0.15, 0.2) is 18.2 Å². The van der Waals surface area contributed by atoms with E-state index in [2.05, 4.69) is 11.8 Å². The molecular formula is C13H12O3S. The van der Waals surface area contributed by atoms with Crippen molar-refractivity contribution in [1.82, 2.24) is 0 Å². The fourth-order valence-corrected chi connectivity index (χ4v) is 1.56. The Kier molecular flexibility index (Phi) is 4.80. The lowest BCUT2D eigenvalue weighted by molar-refractivity contribution is -0.109. The standard InChI is InChI=1S/C13H12O3S/c1-9-5-6-12(13(15)16)11(8-9)4-3-7-17-10(2)14/h5-6,8H,7H2,1-2H3,(H,15,16). The number of hydrogen-bond acceptors (Lipinski definition) is 3. The number of aromatic carboxylic acids is 1. The summed E-state index contributed by atoms with van der Waals surface area (Å²) in [5.41, 5.74) is 1.64. The molecule has 0 aliphatic rings. The van der Waals surface area contributed by atoms with Crippen molar-refractivity contribution in [3.8, 4) is 11.8 Å². The van der Waals surface area contributed by atoms with Gasteiger partial charge in [0.2, 0.25) is 0 Å². The number of thioether (sulfide) groups is 1. The molecule has 4 heteroatoms. The fourth-order valence-electron chi connectivity index (χ4n) is 1.22. The van der Waals surface area contributed by atoms with Gasteiger partial charge in [-0.3, -0.25) is 4.79 Å². The van der Waals surface area contributed by atoms with Gasteiger partial charge in [-0.2, -0.15) is 0 Å². The van der Waals surface area contributed by atoms with Gasteiger partial charge < -0.3 is 5.11 Å². The molecule has 0 spiro atoms. The first-order valence-corrected chi connectivity index (χ1v) is 5.95. The number of benzene rings is 1. The first kappa shape index (κ1) is 13.3. The summed E-state index contributed by atoms with van der Waals surface area (Å²) in [4.78, 5) is 21.6. The molecule has 0 amide bonds. The maximum absolute atomic E-state index is 10.9. The van der Waals surface area contributed by atoms with Crippen molar-refractivity contribution in [3.05, 3.63) is 34.9 Å². The third-order valence-electron chi connectivity index (χ3n) is 1.98. The number of hydrogen-bond donors (Lipinski definition) is 1. The van der Waals surface area contributed by atoms with E-state index in [1.807, 2.05) is 6.92 Å². The topological polar surface area (TPSA) is 54.4 Å². The van der Waals surface area contributed by atoms with Crippen LogP contribution in [0.3, 0.4) is 0 Å². The maximum Gasteiger partial charge on any atom is 0.336 e. The van der Waals surface area contributed by atoms with Crippen LogP contribution < -0.4 is 0 Å². The summed E-state index contributed by atoms with van der Waals surface area (Å²) in [6, 6.07) is 5.01. The van der Waals surface area contributed by atoms with Crippen molar-refractivity contribution in [3.63, 3.8) is 0 Å². The molecule has 0 heterocycles. The predicted molar refractivity (Wildman–Crippen MR) is 68.2 cm³/mol. The SMILES string of the molecule is CC(=O)SCC#Cc1cc(C)ccc1C(=O)O. The Balaban J connectivity index is 2.92. The van der Waals surface area contributed by atoms with E-state index in [4.69, 9.17) is 5.11 Å². The molecule has 3 nitrogen and oxygen atoms in total.